The summed E-state index contributed by atoms with van der Waals surface area (Å²) < 4.78 is 5.76. The summed E-state index contributed by atoms with van der Waals surface area (Å²) in [5.41, 5.74) is 3.79. The van der Waals surface area contributed by atoms with Crippen LogP contribution in [-0.2, 0) is 0 Å². The van der Waals surface area contributed by atoms with E-state index in [-0.39, 0.29) is 5.91 Å². The fourth-order valence-electron chi connectivity index (χ4n) is 2.93. The number of hydrogen-bond acceptors (Lipinski definition) is 3. The Morgan fingerprint density at radius 3 is 2.31 bits per heavy atom. The van der Waals surface area contributed by atoms with Gasteiger partial charge >= 0.3 is 0 Å². The van der Waals surface area contributed by atoms with Gasteiger partial charge in [0.15, 0.2) is 0 Å². The Balaban J connectivity index is 1.65. The van der Waals surface area contributed by atoms with Gasteiger partial charge in [0.25, 0.3) is 5.91 Å². The van der Waals surface area contributed by atoms with E-state index in [1.54, 1.807) is 18.2 Å². The molecular formula is C24H31ClN2O2. The van der Waals surface area contributed by atoms with E-state index in [0.29, 0.717) is 17.2 Å². The molecule has 0 saturated heterocycles. The Labute approximate surface area is 179 Å². The summed E-state index contributed by atoms with van der Waals surface area (Å²) in [4.78, 5) is 12.2. The van der Waals surface area contributed by atoms with Crippen LogP contribution in [0.5, 0.6) is 5.75 Å². The highest BCUT2D eigenvalue weighted by Gasteiger charge is 2.04. The first-order valence-electron chi connectivity index (χ1n) is 10.5. The SMILES string of the molecule is CCCCCCCCCCOc1ccc(C(=O)N/N=C\c2ccccc2Cl)cc1. The van der Waals surface area contributed by atoms with Gasteiger partial charge in [-0.1, -0.05) is 81.7 Å². The lowest BCUT2D eigenvalue weighted by atomic mass is 10.1. The lowest BCUT2D eigenvalue weighted by Crippen LogP contribution is -2.17. The Morgan fingerprint density at radius 1 is 0.966 bits per heavy atom. The van der Waals surface area contributed by atoms with Gasteiger partial charge in [-0.3, -0.25) is 4.79 Å². The lowest BCUT2D eigenvalue weighted by Gasteiger charge is -2.07. The van der Waals surface area contributed by atoms with Crippen LogP contribution in [0.25, 0.3) is 0 Å². The van der Waals surface area contributed by atoms with Gasteiger partial charge in [0.05, 0.1) is 12.8 Å². The summed E-state index contributed by atoms with van der Waals surface area (Å²) in [7, 11) is 0. The van der Waals surface area contributed by atoms with E-state index in [4.69, 9.17) is 16.3 Å². The van der Waals surface area contributed by atoms with Crippen molar-refractivity contribution in [3.8, 4) is 5.75 Å². The van der Waals surface area contributed by atoms with Crippen molar-refractivity contribution >= 4 is 23.7 Å². The second kappa shape index (κ2) is 13.8. The molecule has 0 spiro atoms. The molecule has 4 nitrogen and oxygen atoms in total. The Kier molecular flexibility index (Phi) is 10.9. The number of carbonyl (C=O) groups is 1. The maximum atomic E-state index is 12.2. The molecule has 2 aromatic carbocycles. The molecule has 0 aliphatic heterocycles. The molecule has 0 bridgehead atoms. The number of nitrogens with one attached hydrogen (secondary N) is 1. The van der Waals surface area contributed by atoms with Crippen molar-refractivity contribution in [2.24, 2.45) is 5.10 Å². The minimum absolute atomic E-state index is 0.275. The first-order chi connectivity index (χ1) is 14.2. The van der Waals surface area contributed by atoms with Crippen LogP contribution in [0.3, 0.4) is 0 Å². The third-order valence-corrected chi connectivity index (χ3v) is 5.00. The molecule has 0 unspecified atom stereocenters. The molecule has 0 aliphatic carbocycles. The normalized spacial score (nSPS) is 11.0. The minimum atomic E-state index is -0.275. The average molecular weight is 415 g/mol. The fraction of sp³-hybridized carbons (Fsp3) is 0.417. The number of halogens is 1. The molecule has 0 saturated carbocycles. The Hall–Kier alpha value is -2.33. The molecule has 0 aliphatic rings. The predicted octanol–water partition coefficient (Wildman–Crippen LogP) is 6.62. The molecule has 0 fully saturated rings. The third-order valence-electron chi connectivity index (χ3n) is 4.66. The highest BCUT2D eigenvalue weighted by atomic mass is 35.5. The van der Waals surface area contributed by atoms with Gasteiger partial charge in [0.2, 0.25) is 0 Å². The van der Waals surface area contributed by atoms with E-state index in [0.717, 1.165) is 17.7 Å². The van der Waals surface area contributed by atoms with Crippen molar-refractivity contribution < 1.29 is 9.53 Å². The minimum Gasteiger partial charge on any atom is -0.494 e. The number of hydrazone groups is 1. The summed E-state index contributed by atoms with van der Waals surface area (Å²) in [6.07, 6.45) is 11.8. The standard InChI is InChI=1S/C24H31ClN2O2/c1-2-3-4-5-6-7-8-11-18-29-22-16-14-20(15-17-22)24(28)27-26-19-21-12-9-10-13-23(21)25/h9-10,12-17,19H,2-8,11,18H2,1H3,(H,27,28)/b26-19-. The predicted molar refractivity (Wildman–Crippen MR) is 121 cm³/mol. The molecule has 2 aromatic rings. The van der Waals surface area contributed by atoms with E-state index < -0.39 is 0 Å². The van der Waals surface area contributed by atoms with Crippen LogP contribution < -0.4 is 10.2 Å². The number of rotatable bonds is 13. The zero-order chi connectivity index (χ0) is 20.7. The number of ether oxygens (including phenoxy) is 1. The van der Waals surface area contributed by atoms with Gasteiger partial charge in [-0.15, -0.1) is 0 Å². The summed E-state index contributed by atoms with van der Waals surface area (Å²) >= 11 is 6.05. The number of amides is 1. The topological polar surface area (TPSA) is 50.7 Å². The van der Waals surface area contributed by atoms with Crippen molar-refractivity contribution in [3.05, 3.63) is 64.7 Å². The molecule has 5 heteroatoms. The largest absolute Gasteiger partial charge is 0.494 e. The van der Waals surface area contributed by atoms with Crippen LogP contribution in [0, 0.1) is 0 Å². The van der Waals surface area contributed by atoms with Crippen molar-refractivity contribution in [3.63, 3.8) is 0 Å². The summed E-state index contributed by atoms with van der Waals surface area (Å²) in [5, 5.41) is 4.55. The molecule has 1 amide bonds. The highest BCUT2D eigenvalue weighted by Crippen LogP contribution is 2.14. The molecular weight excluding hydrogens is 384 g/mol. The van der Waals surface area contributed by atoms with Gasteiger partial charge in [0.1, 0.15) is 5.75 Å². The van der Waals surface area contributed by atoms with Gasteiger partial charge in [0, 0.05) is 16.1 Å². The van der Waals surface area contributed by atoms with Crippen molar-refractivity contribution in [2.45, 2.75) is 58.3 Å². The Morgan fingerprint density at radius 2 is 1.62 bits per heavy atom. The van der Waals surface area contributed by atoms with Crippen molar-refractivity contribution in [1.82, 2.24) is 5.43 Å². The van der Waals surface area contributed by atoms with Crippen LogP contribution >= 0.6 is 11.6 Å². The first kappa shape index (κ1) is 23.0. The highest BCUT2D eigenvalue weighted by molar-refractivity contribution is 6.33. The van der Waals surface area contributed by atoms with E-state index in [9.17, 15) is 4.79 Å². The summed E-state index contributed by atoms with van der Waals surface area (Å²) in [5.74, 6) is 0.506. The van der Waals surface area contributed by atoms with E-state index in [1.807, 2.05) is 30.3 Å². The van der Waals surface area contributed by atoms with Gasteiger partial charge in [-0.25, -0.2) is 5.43 Å². The van der Waals surface area contributed by atoms with Crippen LogP contribution in [0.2, 0.25) is 5.02 Å². The average Bonchev–Trinajstić information content (AvgIpc) is 2.74. The zero-order valence-corrected chi connectivity index (χ0v) is 18.0. The first-order valence-corrected chi connectivity index (χ1v) is 10.9. The van der Waals surface area contributed by atoms with E-state index in [2.05, 4.69) is 17.5 Å². The molecule has 0 radical (unpaired) electrons. The molecule has 1 N–H and O–H groups in total. The molecule has 0 aromatic heterocycles. The molecule has 2 rings (SSSR count). The van der Waals surface area contributed by atoms with Crippen LogP contribution in [0.1, 0.15) is 74.2 Å². The van der Waals surface area contributed by atoms with Gasteiger partial charge in [-0.05, 0) is 36.8 Å². The maximum absolute atomic E-state index is 12.2. The number of unbranched alkanes of at least 4 members (excludes halogenated alkanes) is 7. The second-order valence-corrected chi connectivity index (χ2v) is 7.48. The number of hydrogen-bond donors (Lipinski definition) is 1. The van der Waals surface area contributed by atoms with E-state index >= 15 is 0 Å². The molecule has 156 valence electrons. The zero-order valence-electron chi connectivity index (χ0n) is 17.2. The number of benzene rings is 2. The third kappa shape index (κ3) is 9.14. The monoisotopic (exact) mass is 414 g/mol. The smallest absolute Gasteiger partial charge is 0.271 e. The van der Waals surface area contributed by atoms with E-state index in [1.165, 1.54) is 51.2 Å². The molecule has 0 atom stereocenters. The molecule has 29 heavy (non-hydrogen) atoms. The molecule has 0 heterocycles. The Bertz CT molecular complexity index is 760. The fourth-order valence-corrected chi connectivity index (χ4v) is 3.12. The second-order valence-electron chi connectivity index (χ2n) is 7.07. The number of carbonyl (C=O) groups excluding carboxylic acids is 1. The summed E-state index contributed by atoms with van der Waals surface area (Å²) in [6, 6.07) is 14.4. The quantitative estimate of drug-likeness (QED) is 0.227. The van der Waals surface area contributed by atoms with Crippen LogP contribution in [0.15, 0.2) is 53.6 Å². The summed E-state index contributed by atoms with van der Waals surface area (Å²) in [6.45, 7) is 2.95. The van der Waals surface area contributed by atoms with Crippen LogP contribution in [-0.4, -0.2) is 18.7 Å². The maximum Gasteiger partial charge on any atom is 0.271 e. The lowest BCUT2D eigenvalue weighted by molar-refractivity contribution is 0.0955. The number of nitrogens with zero attached hydrogens (tertiary/aromatic N) is 1. The van der Waals surface area contributed by atoms with Gasteiger partial charge < -0.3 is 4.74 Å². The van der Waals surface area contributed by atoms with Crippen molar-refractivity contribution in [2.75, 3.05) is 6.61 Å². The van der Waals surface area contributed by atoms with Crippen LogP contribution in [0.4, 0.5) is 0 Å². The van der Waals surface area contributed by atoms with Crippen molar-refractivity contribution in [1.29, 1.82) is 0 Å². The van der Waals surface area contributed by atoms with Gasteiger partial charge in [-0.2, -0.15) is 5.10 Å².